The highest BCUT2D eigenvalue weighted by molar-refractivity contribution is 7.90. The number of hydrogen-bond acceptors (Lipinski definition) is 6. The van der Waals surface area contributed by atoms with Crippen LogP contribution in [-0.4, -0.2) is 73.9 Å². The topological polar surface area (TPSA) is 96.0 Å². The summed E-state index contributed by atoms with van der Waals surface area (Å²) in [6.45, 7) is 10.7. The van der Waals surface area contributed by atoms with Crippen LogP contribution in [0.15, 0.2) is 23.1 Å². The Hall–Kier alpha value is -1.97. The summed E-state index contributed by atoms with van der Waals surface area (Å²) < 4.78 is 31.6. The van der Waals surface area contributed by atoms with Gasteiger partial charge in [-0.2, -0.15) is 0 Å². The average Bonchev–Trinajstić information content (AvgIpc) is 2.86. The van der Waals surface area contributed by atoms with Crippen molar-refractivity contribution >= 4 is 21.8 Å². The molecule has 1 fully saturated rings. The smallest absolute Gasteiger partial charge is 0.269 e. The molecule has 2 heterocycles. The zero-order valence-corrected chi connectivity index (χ0v) is 17.5. The Labute approximate surface area is 165 Å². The van der Waals surface area contributed by atoms with Crippen LogP contribution in [0.3, 0.4) is 0 Å². The maximum atomic E-state index is 12.7. The number of nitrogens with zero attached hydrogens (tertiary/aromatic N) is 2. The first-order valence-electron chi connectivity index (χ1n) is 9.39. The van der Waals surface area contributed by atoms with Gasteiger partial charge in [0.05, 0.1) is 18.8 Å². The van der Waals surface area contributed by atoms with E-state index in [4.69, 9.17) is 4.74 Å². The van der Waals surface area contributed by atoms with Gasteiger partial charge in [-0.1, -0.05) is 0 Å². The van der Waals surface area contributed by atoms with Gasteiger partial charge in [-0.25, -0.2) is 12.7 Å². The van der Waals surface area contributed by atoms with E-state index in [2.05, 4.69) is 10.2 Å². The Balaban J connectivity index is 1.76. The minimum atomic E-state index is -3.93. The number of carbonyl (C=O) groups excluding carboxylic acids is 2. The van der Waals surface area contributed by atoms with Crippen molar-refractivity contribution < 1.29 is 22.7 Å². The van der Waals surface area contributed by atoms with Crippen LogP contribution in [-0.2, 0) is 14.8 Å². The Kier molecular flexibility index (Phi) is 5.53. The van der Waals surface area contributed by atoms with Crippen molar-refractivity contribution in [3.8, 4) is 0 Å². The zero-order valence-electron chi connectivity index (χ0n) is 16.7. The quantitative estimate of drug-likeness (QED) is 0.782. The van der Waals surface area contributed by atoms with E-state index in [0.29, 0.717) is 19.8 Å². The van der Waals surface area contributed by atoms with E-state index in [-0.39, 0.29) is 27.5 Å². The number of carbonyl (C=O) groups is 2. The zero-order chi connectivity index (χ0) is 20.7. The van der Waals surface area contributed by atoms with Crippen molar-refractivity contribution in [3.05, 3.63) is 29.3 Å². The van der Waals surface area contributed by atoms with Gasteiger partial charge < -0.3 is 10.1 Å². The third kappa shape index (κ3) is 3.66. The molecular formula is C19H27N3O5S. The summed E-state index contributed by atoms with van der Waals surface area (Å²) in [5.74, 6) is -0.916. The van der Waals surface area contributed by atoms with E-state index in [9.17, 15) is 18.0 Å². The molecule has 28 heavy (non-hydrogen) atoms. The summed E-state index contributed by atoms with van der Waals surface area (Å²) in [5, 5.41) is 2.89. The van der Waals surface area contributed by atoms with Gasteiger partial charge in [-0.15, -0.1) is 0 Å². The minimum absolute atomic E-state index is 0.105. The Morgan fingerprint density at radius 3 is 2.50 bits per heavy atom. The highest BCUT2D eigenvalue weighted by atomic mass is 32.2. The lowest BCUT2D eigenvalue weighted by Crippen LogP contribution is -2.55. The van der Waals surface area contributed by atoms with Crippen LogP contribution in [0.5, 0.6) is 0 Å². The van der Waals surface area contributed by atoms with E-state index in [0.717, 1.165) is 17.4 Å². The van der Waals surface area contributed by atoms with Crippen molar-refractivity contribution in [2.24, 2.45) is 0 Å². The van der Waals surface area contributed by atoms with E-state index in [1.54, 1.807) is 13.8 Å². The van der Waals surface area contributed by atoms with Gasteiger partial charge in [-0.05, 0) is 45.9 Å². The molecule has 3 rings (SSSR count). The predicted octanol–water partition coefficient (Wildman–Crippen LogP) is 1.08. The van der Waals surface area contributed by atoms with Crippen LogP contribution in [0.1, 0.15) is 48.4 Å². The lowest BCUT2D eigenvalue weighted by molar-refractivity contribution is -0.00923. The maximum Gasteiger partial charge on any atom is 0.269 e. The van der Waals surface area contributed by atoms with Crippen LogP contribution in [0, 0.1) is 0 Å². The number of hydrogen-bond donors (Lipinski definition) is 1. The number of benzene rings is 1. The first kappa shape index (κ1) is 20.8. The van der Waals surface area contributed by atoms with Crippen LogP contribution < -0.4 is 5.32 Å². The molecule has 0 saturated carbocycles. The highest BCUT2D eigenvalue weighted by Crippen LogP contribution is 2.32. The van der Waals surface area contributed by atoms with E-state index in [1.807, 2.05) is 13.8 Å². The largest absolute Gasteiger partial charge is 0.379 e. The second kappa shape index (κ2) is 7.46. The fourth-order valence-electron chi connectivity index (χ4n) is 3.58. The lowest BCUT2D eigenvalue weighted by atomic mass is 10.0. The second-order valence-electron chi connectivity index (χ2n) is 8.01. The van der Waals surface area contributed by atoms with Gasteiger partial charge in [-0.3, -0.25) is 14.5 Å². The van der Waals surface area contributed by atoms with Crippen molar-refractivity contribution in [1.29, 1.82) is 0 Å². The number of fused-ring (bicyclic) bond motifs is 1. The molecule has 0 aromatic heterocycles. The number of amides is 2. The summed E-state index contributed by atoms with van der Waals surface area (Å²) >= 11 is 0. The summed E-state index contributed by atoms with van der Waals surface area (Å²) in [6, 6.07) is 3.71. The molecule has 0 atom stereocenters. The highest BCUT2D eigenvalue weighted by Gasteiger charge is 2.43. The average molecular weight is 410 g/mol. The van der Waals surface area contributed by atoms with Crippen molar-refractivity contribution in [2.75, 3.05) is 32.8 Å². The van der Waals surface area contributed by atoms with Gasteiger partial charge in [0.2, 0.25) is 0 Å². The number of sulfonamides is 1. The van der Waals surface area contributed by atoms with Crippen LogP contribution in [0.4, 0.5) is 0 Å². The standard InChI is InChI=1S/C19H27N3O5S/c1-13(2)22-18(24)15-6-5-14(11-16(15)28(22,25)26)17(23)20-12-19(3,4)21-7-9-27-10-8-21/h5-6,11,13H,7-10,12H2,1-4H3,(H,20,23). The molecule has 1 aromatic carbocycles. The van der Waals surface area contributed by atoms with Gasteiger partial charge in [0.1, 0.15) is 4.90 Å². The van der Waals surface area contributed by atoms with Crippen molar-refractivity contribution in [3.63, 3.8) is 0 Å². The van der Waals surface area contributed by atoms with Gasteiger partial charge in [0.25, 0.3) is 21.8 Å². The molecule has 0 spiro atoms. The molecule has 0 unspecified atom stereocenters. The SMILES string of the molecule is CC(C)N1C(=O)c2ccc(C(=O)NCC(C)(C)N3CCOCC3)cc2S1(=O)=O. The predicted molar refractivity (Wildman–Crippen MR) is 104 cm³/mol. The molecule has 0 bridgehead atoms. The molecule has 2 amide bonds. The van der Waals surface area contributed by atoms with Gasteiger partial charge >= 0.3 is 0 Å². The number of rotatable bonds is 5. The van der Waals surface area contributed by atoms with Gasteiger partial charge in [0.15, 0.2) is 0 Å². The Morgan fingerprint density at radius 2 is 1.89 bits per heavy atom. The Bertz CT molecular complexity index is 889. The summed E-state index contributed by atoms with van der Waals surface area (Å²) in [4.78, 5) is 27.2. The number of morpholine rings is 1. The molecule has 0 radical (unpaired) electrons. The van der Waals surface area contributed by atoms with Gasteiger partial charge in [0, 0.05) is 36.8 Å². The summed E-state index contributed by atoms with van der Waals surface area (Å²) in [7, 11) is -3.93. The minimum Gasteiger partial charge on any atom is -0.379 e. The molecule has 8 nitrogen and oxygen atoms in total. The van der Waals surface area contributed by atoms with Crippen LogP contribution in [0.25, 0.3) is 0 Å². The molecule has 154 valence electrons. The van der Waals surface area contributed by atoms with E-state index in [1.165, 1.54) is 18.2 Å². The molecule has 0 aliphatic carbocycles. The van der Waals surface area contributed by atoms with Crippen molar-refractivity contribution in [1.82, 2.24) is 14.5 Å². The fourth-order valence-corrected chi connectivity index (χ4v) is 5.37. The Morgan fingerprint density at radius 1 is 1.25 bits per heavy atom. The third-order valence-electron chi connectivity index (χ3n) is 5.23. The summed E-state index contributed by atoms with van der Waals surface area (Å²) in [6.07, 6.45) is 0. The first-order valence-corrected chi connectivity index (χ1v) is 10.8. The first-order chi connectivity index (χ1) is 13.1. The van der Waals surface area contributed by atoms with Crippen molar-refractivity contribution in [2.45, 2.75) is 44.2 Å². The molecule has 1 saturated heterocycles. The third-order valence-corrected chi connectivity index (χ3v) is 7.23. The van der Waals surface area contributed by atoms with E-state index < -0.39 is 22.0 Å². The fraction of sp³-hybridized carbons (Fsp3) is 0.579. The van der Waals surface area contributed by atoms with Crippen LogP contribution in [0.2, 0.25) is 0 Å². The maximum absolute atomic E-state index is 12.7. The molecule has 2 aliphatic rings. The second-order valence-corrected chi connectivity index (χ2v) is 9.79. The normalized spacial score (nSPS) is 19.8. The molecule has 2 aliphatic heterocycles. The number of nitrogens with one attached hydrogen (secondary N) is 1. The molecule has 9 heteroatoms. The molecule has 1 aromatic rings. The molecule has 1 N–H and O–H groups in total. The van der Waals surface area contributed by atoms with Crippen LogP contribution >= 0.6 is 0 Å². The molecular weight excluding hydrogens is 382 g/mol. The lowest BCUT2D eigenvalue weighted by Gasteiger charge is -2.40. The van der Waals surface area contributed by atoms with E-state index >= 15 is 0 Å². The monoisotopic (exact) mass is 409 g/mol. The number of ether oxygens (including phenoxy) is 1. The summed E-state index contributed by atoms with van der Waals surface area (Å²) in [5.41, 5.74) is 0.0736.